The van der Waals surface area contributed by atoms with Gasteiger partial charge in [-0.2, -0.15) is 0 Å². The number of nitrogens with zero attached hydrogens (tertiary/aromatic N) is 1. The largest absolute Gasteiger partial charge is 0.494 e. The van der Waals surface area contributed by atoms with Crippen LogP contribution in [0.5, 0.6) is 5.75 Å². The fraction of sp³-hybridized carbons (Fsp3) is 0.350. The predicted molar refractivity (Wildman–Crippen MR) is 108 cm³/mol. The Morgan fingerprint density at radius 3 is 2.28 bits per heavy atom. The lowest BCUT2D eigenvalue weighted by atomic mass is 10.2. The maximum absolute atomic E-state index is 11.8. The Hall–Kier alpha value is -2.94. The molecule has 8 nitrogen and oxygen atoms in total. The van der Waals surface area contributed by atoms with Crippen LogP contribution in [-0.2, 0) is 26.0 Å². The first-order valence-electron chi connectivity index (χ1n) is 9.20. The van der Waals surface area contributed by atoms with Crippen LogP contribution in [0.1, 0.15) is 24.8 Å². The molecular weight excluding hydrogens is 394 g/mol. The smallest absolute Gasteiger partial charge is 0.222 e. The summed E-state index contributed by atoms with van der Waals surface area (Å²) < 4.78 is 28.3. The Morgan fingerprint density at radius 1 is 0.966 bits per heavy atom. The summed E-state index contributed by atoms with van der Waals surface area (Å²) in [6.45, 7) is 1.03. The van der Waals surface area contributed by atoms with Gasteiger partial charge in [0, 0.05) is 44.6 Å². The van der Waals surface area contributed by atoms with Crippen LogP contribution >= 0.6 is 0 Å². The van der Waals surface area contributed by atoms with Gasteiger partial charge in [0.25, 0.3) is 0 Å². The van der Waals surface area contributed by atoms with E-state index in [1.807, 2.05) is 12.1 Å². The first kappa shape index (κ1) is 22.4. The van der Waals surface area contributed by atoms with Gasteiger partial charge in [-0.25, -0.2) is 8.42 Å². The number of pyridine rings is 1. The van der Waals surface area contributed by atoms with Crippen LogP contribution in [0.25, 0.3) is 0 Å². The number of carbonyl (C=O) groups is 2. The number of hydrogen-bond donors (Lipinski definition) is 2. The van der Waals surface area contributed by atoms with E-state index in [0.29, 0.717) is 25.3 Å². The Bertz CT molecular complexity index is 899. The van der Waals surface area contributed by atoms with Crippen LogP contribution < -0.4 is 15.4 Å². The van der Waals surface area contributed by atoms with Crippen LogP contribution in [0.3, 0.4) is 0 Å². The van der Waals surface area contributed by atoms with Gasteiger partial charge < -0.3 is 15.4 Å². The molecule has 0 aliphatic heterocycles. The van der Waals surface area contributed by atoms with E-state index in [1.165, 1.54) is 12.1 Å². The van der Waals surface area contributed by atoms with Crippen LogP contribution in [0.2, 0.25) is 0 Å². The van der Waals surface area contributed by atoms with Gasteiger partial charge >= 0.3 is 0 Å². The number of sulfone groups is 1. The average molecular weight is 420 g/mol. The highest BCUT2D eigenvalue weighted by Gasteiger charge is 2.07. The summed E-state index contributed by atoms with van der Waals surface area (Å²) in [5, 5.41) is 5.48. The third-order valence-corrected chi connectivity index (χ3v) is 5.11. The zero-order valence-corrected chi connectivity index (χ0v) is 17.1. The third kappa shape index (κ3) is 8.73. The van der Waals surface area contributed by atoms with Crippen LogP contribution in [0, 0.1) is 0 Å². The van der Waals surface area contributed by atoms with Crippen molar-refractivity contribution in [2.45, 2.75) is 30.7 Å². The minimum absolute atomic E-state index is 0.136. The fourth-order valence-corrected chi connectivity index (χ4v) is 3.03. The van der Waals surface area contributed by atoms with Gasteiger partial charge in [0.15, 0.2) is 9.84 Å². The van der Waals surface area contributed by atoms with Crippen LogP contribution in [-0.4, -0.2) is 44.6 Å². The number of aromatic nitrogens is 1. The van der Waals surface area contributed by atoms with Gasteiger partial charge in [-0.1, -0.05) is 0 Å². The normalized spacial score (nSPS) is 10.9. The molecule has 0 spiro atoms. The van der Waals surface area contributed by atoms with Crippen molar-refractivity contribution in [2.24, 2.45) is 0 Å². The number of benzene rings is 1. The molecule has 2 aromatic rings. The maximum Gasteiger partial charge on any atom is 0.222 e. The Morgan fingerprint density at radius 2 is 1.62 bits per heavy atom. The molecule has 0 atom stereocenters. The first-order chi connectivity index (χ1) is 13.8. The summed E-state index contributed by atoms with van der Waals surface area (Å²) in [6, 6.07) is 9.78. The van der Waals surface area contributed by atoms with Gasteiger partial charge in [-0.15, -0.1) is 0 Å². The van der Waals surface area contributed by atoms with Gasteiger partial charge in [-0.3, -0.25) is 14.6 Å². The molecule has 29 heavy (non-hydrogen) atoms. The number of carbonyl (C=O) groups excluding carboxylic acids is 2. The lowest BCUT2D eigenvalue weighted by Crippen LogP contribution is -2.30. The molecule has 0 aliphatic rings. The lowest BCUT2D eigenvalue weighted by Gasteiger charge is -2.08. The number of ether oxygens (including phenoxy) is 1. The molecule has 0 unspecified atom stereocenters. The Labute approximate surface area is 170 Å². The number of hydrogen-bond acceptors (Lipinski definition) is 6. The molecule has 1 aromatic carbocycles. The molecule has 0 fully saturated rings. The van der Waals surface area contributed by atoms with E-state index in [0.717, 1.165) is 11.8 Å². The molecule has 0 aliphatic carbocycles. The highest BCUT2D eigenvalue weighted by molar-refractivity contribution is 7.90. The second-order valence-corrected chi connectivity index (χ2v) is 8.44. The van der Waals surface area contributed by atoms with Crippen molar-refractivity contribution in [3.8, 4) is 5.75 Å². The molecule has 1 aromatic heterocycles. The first-order valence-corrected chi connectivity index (χ1v) is 11.1. The van der Waals surface area contributed by atoms with Crippen molar-refractivity contribution in [2.75, 3.05) is 19.4 Å². The molecule has 0 radical (unpaired) electrons. The quantitative estimate of drug-likeness (QED) is 0.533. The van der Waals surface area contributed by atoms with Gasteiger partial charge in [0.2, 0.25) is 11.8 Å². The molecule has 0 saturated heterocycles. The van der Waals surface area contributed by atoms with Crippen molar-refractivity contribution in [1.82, 2.24) is 15.6 Å². The summed E-state index contributed by atoms with van der Waals surface area (Å²) in [6.07, 6.45) is 5.46. The summed E-state index contributed by atoms with van der Waals surface area (Å²) in [7, 11) is -3.23. The van der Waals surface area contributed by atoms with Crippen LogP contribution in [0.4, 0.5) is 0 Å². The molecular formula is C20H25N3O5S. The standard InChI is InChI=1S/C20H25N3O5S/c1-29(26,27)18-6-4-17(5-7-18)28-14-2-3-19(24)22-13-10-20(25)23-15-16-8-11-21-12-9-16/h4-9,11-12H,2-3,10,13-15H2,1H3,(H,22,24)(H,23,25). The SMILES string of the molecule is CS(=O)(=O)c1ccc(OCCCC(=O)NCCC(=O)NCc2ccncc2)cc1. The molecule has 0 bridgehead atoms. The van der Waals surface area contributed by atoms with Gasteiger partial charge in [0.1, 0.15) is 5.75 Å². The summed E-state index contributed by atoms with van der Waals surface area (Å²) in [5.74, 6) is 0.259. The topological polar surface area (TPSA) is 114 Å². The van der Waals surface area contributed by atoms with Crippen molar-refractivity contribution < 1.29 is 22.7 Å². The van der Waals surface area contributed by atoms with Crippen molar-refractivity contribution >= 4 is 21.7 Å². The zero-order chi connectivity index (χ0) is 21.1. The van der Waals surface area contributed by atoms with E-state index in [-0.39, 0.29) is 36.1 Å². The molecule has 2 N–H and O–H groups in total. The van der Waals surface area contributed by atoms with E-state index in [4.69, 9.17) is 4.74 Å². The molecule has 0 saturated carbocycles. The summed E-state index contributed by atoms with van der Waals surface area (Å²) in [5.41, 5.74) is 0.961. The maximum atomic E-state index is 11.8. The fourth-order valence-electron chi connectivity index (χ4n) is 2.40. The van der Waals surface area contributed by atoms with E-state index >= 15 is 0 Å². The minimum atomic E-state index is -3.23. The Balaban J connectivity index is 1.55. The molecule has 2 amide bonds. The minimum Gasteiger partial charge on any atom is -0.494 e. The number of rotatable bonds is 11. The third-order valence-electron chi connectivity index (χ3n) is 3.98. The van der Waals surface area contributed by atoms with Crippen molar-refractivity contribution in [3.05, 3.63) is 54.4 Å². The average Bonchev–Trinajstić information content (AvgIpc) is 2.70. The highest BCUT2D eigenvalue weighted by Crippen LogP contribution is 2.16. The number of nitrogens with one attached hydrogen (secondary N) is 2. The predicted octanol–water partition coefficient (Wildman–Crippen LogP) is 1.47. The van der Waals surface area contributed by atoms with E-state index in [2.05, 4.69) is 15.6 Å². The lowest BCUT2D eigenvalue weighted by molar-refractivity contribution is -0.122. The molecule has 9 heteroatoms. The van der Waals surface area contributed by atoms with Crippen molar-refractivity contribution in [3.63, 3.8) is 0 Å². The van der Waals surface area contributed by atoms with Crippen LogP contribution in [0.15, 0.2) is 53.7 Å². The summed E-state index contributed by atoms with van der Waals surface area (Å²) in [4.78, 5) is 27.7. The highest BCUT2D eigenvalue weighted by atomic mass is 32.2. The number of amides is 2. The molecule has 1 heterocycles. The Kier molecular flexibility index (Phi) is 8.60. The molecule has 2 rings (SSSR count). The van der Waals surface area contributed by atoms with Gasteiger partial charge in [-0.05, 0) is 48.4 Å². The zero-order valence-electron chi connectivity index (χ0n) is 16.3. The van der Waals surface area contributed by atoms with E-state index < -0.39 is 9.84 Å². The monoisotopic (exact) mass is 419 g/mol. The van der Waals surface area contributed by atoms with E-state index in [1.54, 1.807) is 24.5 Å². The summed E-state index contributed by atoms with van der Waals surface area (Å²) >= 11 is 0. The second-order valence-electron chi connectivity index (χ2n) is 6.43. The van der Waals surface area contributed by atoms with Gasteiger partial charge in [0.05, 0.1) is 11.5 Å². The van der Waals surface area contributed by atoms with Crippen molar-refractivity contribution in [1.29, 1.82) is 0 Å². The molecule has 156 valence electrons. The second kappa shape index (κ2) is 11.2. The van der Waals surface area contributed by atoms with E-state index in [9.17, 15) is 18.0 Å².